The molecule has 1 heterocycles. The number of imidazole rings is 1. The number of aromatic nitrogens is 2. The van der Waals surface area contributed by atoms with Gasteiger partial charge in [-0.2, -0.15) is 0 Å². The highest BCUT2D eigenvalue weighted by Gasteiger charge is 2.24. The van der Waals surface area contributed by atoms with Gasteiger partial charge in [0.2, 0.25) is 0 Å². The summed E-state index contributed by atoms with van der Waals surface area (Å²) in [7, 11) is 1.68. The number of fused-ring (bicyclic) bond motifs is 1. The third kappa shape index (κ3) is 3.00. The van der Waals surface area contributed by atoms with Gasteiger partial charge in [0.15, 0.2) is 0 Å². The van der Waals surface area contributed by atoms with E-state index in [0.29, 0.717) is 17.5 Å². The van der Waals surface area contributed by atoms with Crippen molar-refractivity contribution in [1.29, 1.82) is 0 Å². The molecule has 0 aliphatic heterocycles. The van der Waals surface area contributed by atoms with Crippen molar-refractivity contribution in [2.24, 2.45) is 7.05 Å². The molecule has 114 valence electrons. The lowest BCUT2D eigenvalue weighted by molar-refractivity contribution is 0.0886. The highest BCUT2D eigenvalue weighted by molar-refractivity contribution is 5.97. The first-order valence-corrected chi connectivity index (χ1v) is 7.02. The molecule has 1 aromatic carbocycles. The number of H-pyrrole nitrogens is 1. The van der Waals surface area contributed by atoms with Gasteiger partial charge in [-0.1, -0.05) is 6.92 Å². The van der Waals surface area contributed by atoms with E-state index in [1.807, 2.05) is 13.8 Å². The Balaban J connectivity index is 2.29. The zero-order chi connectivity index (χ0) is 15.6. The second kappa shape index (κ2) is 5.73. The molecular weight excluding hydrogens is 270 g/mol. The Morgan fingerprint density at radius 3 is 2.81 bits per heavy atom. The zero-order valence-corrected chi connectivity index (χ0v) is 12.6. The summed E-state index contributed by atoms with van der Waals surface area (Å²) in [6, 6.07) is 5.11. The van der Waals surface area contributed by atoms with Gasteiger partial charge in [0.1, 0.15) is 0 Å². The summed E-state index contributed by atoms with van der Waals surface area (Å²) in [6.45, 7) is 3.90. The maximum Gasteiger partial charge on any atom is 0.326 e. The van der Waals surface area contributed by atoms with Gasteiger partial charge in [-0.15, -0.1) is 0 Å². The number of carbonyl (C=O) groups is 1. The number of hydrogen-bond donors (Lipinski definition) is 3. The SMILES string of the molecule is CCC(C)(CCO)NC(=O)c1ccc2c(c1)[nH]c(=O)n2C. The molecule has 0 bridgehead atoms. The molecule has 0 aliphatic rings. The van der Waals surface area contributed by atoms with Crippen molar-refractivity contribution in [3.8, 4) is 0 Å². The van der Waals surface area contributed by atoms with Gasteiger partial charge in [0.25, 0.3) is 5.91 Å². The maximum absolute atomic E-state index is 12.3. The van der Waals surface area contributed by atoms with Gasteiger partial charge in [-0.3, -0.25) is 9.36 Å². The predicted molar refractivity (Wildman–Crippen MR) is 81.4 cm³/mol. The summed E-state index contributed by atoms with van der Waals surface area (Å²) in [6.07, 6.45) is 1.23. The van der Waals surface area contributed by atoms with Gasteiger partial charge >= 0.3 is 5.69 Å². The number of amides is 1. The van der Waals surface area contributed by atoms with Crippen molar-refractivity contribution in [3.63, 3.8) is 0 Å². The van der Waals surface area contributed by atoms with Gasteiger partial charge in [-0.05, 0) is 38.0 Å². The summed E-state index contributed by atoms with van der Waals surface area (Å²) < 4.78 is 1.50. The Morgan fingerprint density at radius 1 is 1.48 bits per heavy atom. The second-order valence-electron chi connectivity index (χ2n) is 5.56. The molecule has 1 unspecified atom stereocenters. The Labute approximate surface area is 122 Å². The third-order valence-corrected chi connectivity index (χ3v) is 4.03. The summed E-state index contributed by atoms with van der Waals surface area (Å²) in [5.74, 6) is -0.209. The molecule has 6 nitrogen and oxygen atoms in total. The molecule has 0 fully saturated rings. The van der Waals surface area contributed by atoms with E-state index in [4.69, 9.17) is 5.11 Å². The van der Waals surface area contributed by atoms with E-state index in [9.17, 15) is 9.59 Å². The monoisotopic (exact) mass is 291 g/mol. The molecule has 0 saturated heterocycles. The van der Waals surface area contributed by atoms with Crippen molar-refractivity contribution in [2.75, 3.05) is 6.61 Å². The standard InChI is InChI=1S/C15H21N3O3/c1-4-15(2,7-8-19)17-13(20)10-5-6-12-11(9-10)16-14(21)18(12)3/h5-6,9,19H,4,7-8H2,1-3H3,(H,16,21)(H,17,20). The van der Waals surface area contributed by atoms with Gasteiger partial charge in [-0.25, -0.2) is 4.79 Å². The molecule has 1 amide bonds. The van der Waals surface area contributed by atoms with Crippen LogP contribution in [0.2, 0.25) is 0 Å². The highest BCUT2D eigenvalue weighted by atomic mass is 16.3. The van der Waals surface area contributed by atoms with Crippen LogP contribution in [0.25, 0.3) is 11.0 Å². The zero-order valence-electron chi connectivity index (χ0n) is 12.6. The van der Waals surface area contributed by atoms with E-state index < -0.39 is 5.54 Å². The number of rotatable bonds is 5. The number of nitrogens with zero attached hydrogens (tertiary/aromatic N) is 1. The van der Waals surface area contributed by atoms with Crippen molar-refractivity contribution >= 4 is 16.9 Å². The number of aromatic amines is 1. The van der Waals surface area contributed by atoms with E-state index in [-0.39, 0.29) is 18.2 Å². The van der Waals surface area contributed by atoms with Crippen LogP contribution in [0.1, 0.15) is 37.0 Å². The lowest BCUT2D eigenvalue weighted by atomic mass is 9.94. The Morgan fingerprint density at radius 2 is 2.19 bits per heavy atom. The number of benzene rings is 1. The number of hydrogen-bond acceptors (Lipinski definition) is 3. The Bertz CT molecular complexity index is 717. The van der Waals surface area contributed by atoms with E-state index in [0.717, 1.165) is 11.9 Å². The summed E-state index contributed by atoms with van der Waals surface area (Å²) >= 11 is 0. The molecule has 0 spiro atoms. The molecule has 2 aromatic rings. The van der Waals surface area contributed by atoms with Crippen molar-refractivity contribution in [2.45, 2.75) is 32.2 Å². The fraction of sp³-hybridized carbons (Fsp3) is 0.467. The van der Waals surface area contributed by atoms with Crippen molar-refractivity contribution < 1.29 is 9.90 Å². The first-order valence-electron chi connectivity index (χ1n) is 7.02. The van der Waals surface area contributed by atoms with E-state index in [1.165, 1.54) is 4.57 Å². The first-order chi connectivity index (χ1) is 9.90. The normalized spacial score (nSPS) is 14.1. The molecular formula is C15H21N3O3. The molecule has 0 radical (unpaired) electrons. The van der Waals surface area contributed by atoms with Crippen molar-refractivity contribution in [1.82, 2.24) is 14.9 Å². The highest BCUT2D eigenvalue weighted by Crippen LogP contribution is 2.17. The van der Waals surface area contributed by atoms with Crippen LogP contribution in [-0.2, 0) is 7.05 Å². The smallest absolute Gasteiger partial charge is 0.326 e. The van der Waals surface area contributed by atoms with Gasteiger partial charge < -0.3 is 15.4 Å². The van der Waals surface area contributed by atoms with E-state index >= 15 is 0 Å². The quantitative estimate of drug-likeness (QED) is 0.772. The average molecular weight is 291 g/mol. The van der Waals surface area contributed by atoms with Gasteiger partial charge in [0, 0.05) is 24.8 Å². The Hall–Kier alpha value is -2.08. The second-order valence-corrected chi connectivity index (χ2v) is 5.56. The van der Waals surface area contributed by atoms with Crippen LogP contribution in [-0.4, -0.2) is 32.7 Å². The third-order valence-electron chi connectivity index (χ3n) is 4.03. The lowest BCUT2D eigenvalue weighted by Gasteiger charge is -2.29. The Kier molecular flexibility index (Phi) is 4.18. The molecule has 6 heteroatoms. The minimum absolute atomic E-state index is 0.0235. The number of aryl methyl sites for hydroxylation is 1. The van der Waals surface area contributed by atoms with Crippen LogP contribution in [0.15, 0.2) is 23.0 Å². The largest absolute Gasteiger partial charge is 0.396 e. The van der Waals surface area contributed by atoms with Crippen LogP contribution in [0, 0.1) is 0 Å². The number of aliphatic hydroxyl groups excluding tert-OH is 1. The molecule has 0 saturated carbocycles. The van der Waals surface area contributed by atoms with E-state index in [2.05, 4.69) is 10.3 Å². The van der Waals surface area contributed by atoms with Crippen LogP contribution in [0.4, 0.5) is 0 Å². The minimum atomic E-state index is -0.440. The van der Waals surface area contributed by atoms with Gasteiger partial charge in [0.05, 0.1) is 11.0 Å². The van der Waals surface area contributed by atoms with E-state index in [1.54, 1.807) is 25.2 Å². The molecule has 0 aliphatic carbocycles. The fourth-order valence-electron chi connectivity index (χ4n) is 2.30. The molecule has 2 rings (SSSR count). The maximum atomic E-state index is 12.3. The molecule has 1 atom stereocenters. The number of carbonyl (C=O) groups excluding carboxylic acids is 1. The van der Waals surface area contributed by atoms with Crippen LogP contribution >= 0.6 is 0 Å². The summed E-state index contributed by atoms with van der Waals surface area (Å²) in [5.41, 5.74) is 1.23. The molecule has 21 heavy (non-hydrogen) atoms. The van der Waals surface area contributed by atoms with Crippen LogP contribution < -0.4 is 11.0 Å². The predicted octanol–water partition coefficient (Wildman–Crippen LogP) is 1.15. The van der Waals surface area contributed by atoms with Crippen LogP contribution in [0.5, 0.6) is 0 Å². The molecule has 1 aromatic heterocycles. The first kappa shape index (κ1) is 15.3. The number of aliphatic hydroxyl groups is 1. The fourth-order valence-corrected chi connectivity index (χ4v) is 2.30. The molecule has 3 N–H and O–H groups in total. The average Bonchev–Trinajstić information content (AvgIpc) is 2.73. The van der Waals surface area contributed by atoms with Crippen LogP contribution in [0.3, 0.4) is 0 Å². The van der Waals surface area contributed by atoms with Crippen molar-refractivity contribution in [3.05, 3.63) is 34.2 Å². The lowest BCUT2D eigenvalue weighted by Crippen LogP contribution is -2.46. The summed E-state index contributed by atoms with van der Waals surface area (Å²) in [4.78, 5) is 26.6. The summed E-state index contributed by atoms with van der Waals surface area (Å²) in [5, 5.41) is 12.0. The number of nitrogens with one attached hydrogen (secondary N) is 2. The minimum Gasteiger partial charge on any atom is -0.396 e. The topological polar surface area (TPSA) is 87.1 Å².